The minimum Gasteiger partial charge on any atom is -0.462 e. The lowest BCUT2D eigenvalue weighted by atomic mass is 10.1. The number of thiocarbonyl (C=S) groups is 1. The molecule has 2 heterocycles. The maximum absolute atomic E-state index is 12.4. The third-order valence-electron chi connectivity index (χ3n) is 4.52. The van der Waals surface area contributed by atoms with E-state index >= 15 is 0 Å². The topological polar surface area (TPSA) is 68.8 Å². The fraction of sp³-hybridized carbons (Fsp3) is 0.368. The van der Waals surface area contributed by atoms with Crippen LogP contribution in [0.2, 0.25) is 0 Å². The van der Waals surface area contributed by atoms with Crippen molar-refractivity contribution in [3.63, 3.8) is 0 Å². The van der Waals surface area contributed by atoms with Crippen molar-refractivity contribution in [2.45, 2.75) is 32.7 Å². The lowest BCUT2D eigenvalue weighted by Crippen LogP contribution is -2.28. The van der Waals surface area contributed by atoms with Gasteiger partial charge in [0.15, 0.2) is 16.6 Å². The minimum absolute atomic E-state index is 0.256. The van der Waals surface area contributed by atoms with Crippen LogP contribution in [0.5, 0.6) is 11.5 Å². The summed E-state index contributed by atoms with van der Waals surface area (Å²) in [5.74, 6) is 1.22. The molecular formula is C19H20N2O4S2. The van der Waals surface area contributed by atoms with E-state index in [-0.39, 0.29) is 12.8 Å². The molecule has 0 saturated heterocycles. The van der Waals surface area contributed by atoms with E-state index in [4.69, 9.17) is 26.4 Å². The number of anilines is 1. The number of aryl methyl sites for hydroxylation is 1. The number of nitrogens with one attached hydrogen (secondary N) is 2. The summed E-state index contributed by atoms with van der Waals surface area (Å²) in [5, 5.41) is 7.60. The van der Waals surface area contributed by atoms with Crippen LogP contribution in [0, 0.1) is 0 Å². The highest BCUT2D eigenvalue weighted by molar-refractivity contribution is 7.80. The van der Waals surface area contributed by atoms with E-state index < -0.39 is 0 Å². The van der Waals surface area contributed by atoms with E-state index in [1.165, 1.54) is 4.88 Å². The highest BCUT2D eigenvalue weighted by Gasteiger charge is 2.27. The number of thiophene rings is 1. The molecule has 0 atom stereocenters. The summed E-state index contributed by atoms with van der Waals surface area (Å²) in [6.45, 7) is 2.97. The van der Waals surface area contributed by atoms with Crippen LogP contribution in [0.25, 0.3) is 0 Å². The number of rotatable bonds is 5. The molecule has 1 aliphatic heterocycles. The zero-order valence-corrected chi connectivity index (χ0v) is 16.6. The van der Waals surface area contributed by atoms with Gasteiger partial charge in [0, 0.05) is 11.4 Å². The quantitative estimate of drug-likeness (QED) is 0.583. The summed E-state index contributed by atoms with van der Waals surface area (Å²) < 4.78 is 16.0. The summed E-state index contributed by atoms with van der Waals surface area (Å²) in [6, 6.07) is 5.78. The predicted molar refractivity (Wildman–Crippen MR) is 108 cm³/mol. The van der Waals surface area contributed by atoms with Crippen molar-refractivity contribution in [1.82, 2.24) is 5.32 Å². The highest BCUT2D eigenvalue weighted by Crippen LogP contribution is 2.39. The Balaban J connectivity index is 1.43. The number of hydrogen-bond acceptors (Lipinski definition) is 6. The number of hydrogen-bond donors (Lipinski definition) is 2. The van der Waals surface area contributed by atoms with Crippen molar-refractivity contribution in [2.24, 2.45) is 0 Å². The van der Waals surface area contributed by atoms with Gasteiger partial charge in [-0.3, -0.25) is 0 Å². The van der Waals surface area contributed by atoms with Gasteiger partial charge in [-0.2, -0.15) is 0 Å². The molecule has 0 spiro atoms. The van der Waals surface area contributed by atoms with Gasteiger partial charge in [0.2, 0.25) is 6.79 Å². The van der Waals surface area contributed by atoms with E-state index in [1.807, 2.05) is 25.1 Å². The molecule has 6 nitrogen and oxygen atoms in total. The highest BCUT2D eigenvalue weighted by atomic mass is 32.1. The van der Waals surface area contributed by atoms with E-state index in [0.29, 0.717) is 23.8 Å². The number of carbonyl (C=O) groups is 1. The average Bonchev–Trinajstić information content (AvgIpc) is 3.35. The van der Waals surface area contributed by atoms with Crippen LogP contribution in [0.15, 0.2) is 18.2 Å². The largest absolute Gasteiger partial charge is 0.462 e. The molecule has 4 rings (SSSR count). The maximum Gasteiger partial charge on any atom is 0.341 e. The molecule has 2 N–H and O–H groups in total. The SMILES string of the molecule is CCOC(=O)c1c(NC(=S)NCc2ccc3c(c2)OCO3)sc2c1CCC2. The molecule has 1 aliphatic carbocycles. The van der Waals surface area contributed by atoms with Crippen molar-refractivity contribution >= 4 is 39.6 Å². The summed E-state index contributed by atoms with van der Waals surface area (Å²) in [6.07, 6.45) is 3.01. The summed E-state index contributed by atoms with van der Waals surface area (Å²) in [7, 11) is 0. The lowest BCUT2D eigenvalue weighted by Gasteiger charge is -2.12. The Hall–Kier alpha value is -2.32. The smallest absolute Gasteiger partial charge is 0.341 e. The third-order valence-corrected chi connectivity index (χ3v) is 5.97. The minimum atomic E-state index is -0.280. The number of esters is 1. The fourth-order valence-electron chi connectivity index (χ4n) is 3.29. The summed E-state index contributed by atoms with van der Waals surface area (Å²) in [4.78, 5) is 13.7. The Morgan fingerprint density at radius 3 is 3.00 bits per heavy atom. The predicted octanol–water partition coefficient (Wildman–Crippen LogP) is 3.63. The van der Waals surface area contributed by atoms with Gasteiger partial charge in [0.1, 0.15) is 5.00 Å². The van der Waals surface area contributed by atoms with Crippen LogP contribution in [0.4, 0.5) is 5.00 Å². The van der Waals surface area contributed by atoms with Gasteiger partial charge in [-0.25, -0.2) is 4.79 Å². The monoisotopic (exact) mass is 404 g/mol. The molecule has 1 aromatic heterocycles. The van der Waals surface area contributed by atoms with E-state index in [0.717, 1.165) is 46.9 Å². The number of fused-ring (bicyclic) bond motifs is 2. The van der Waals surface area contributed by atoms with Gasteiger partial charge in [-0.1, -0.05) is 6.07 Å². The van der Waals surface area contributed by atoms with Gasteiger partial charge >= 0.3 is 5.97 Å². The number of ether oxygens (including phenoxy) is 3. The van der Waals surface area contributed by atoms with Gasteiger partial charge in [0.25, 0.3) is 0 Å². The Morgan fingerprint density at radius 2 is 2.15 bits per heavy atom. The summed E-state index contributed by atoms with van der Waals surface area (Å²) in [5.41, 5.74) is 2.78. The van der Waals surface area contributed by atoms with Crippen LogP contribution in [0.1, 0.15) is 39.7 Å². The Labute approximate surface area is 166 Å². The lowest BCUT2D eigenvalue weighted by molar-refractivity contribution is 0.0527. The Bertz CT molecular complexity index is 894. The first kappa shape index (κ1) is 18.1. The molecule has 0 radical (unpaired) electrons. The first-order valence-corrected chi connectivity index (χ1v) is 10.1. The maximum atomic E-state index is 12.4. The van der Waals surface area contributed by atoms with Crippen molar-refractivity contribution in [3.05, 3.63) is 39.8 Å². The van der Waals surface area contributed by atoms with Crippen molar-refractivity contribution < 1.29 is 19.0 Å². The molecule has 0 bridgehead atoms. The second-order valence-electron chi connectivity index (χ2n) is 6.28. The normalized spacial score (nSPS) is 14.0. The average molecular weight is 405 g/mol. The zero-order chi connectivity index (χ0) is 18.8. The Kier molecular flexibility index (Phi) is 5.18. The van der Waals surface area contributed by atoms with Crippen molar-refractivity contribution in [2.75, 3.05) is 18.7 Å². The molecule has 0 saturated carbocycles. The zero-order valence-electron chi connectivity index (χ0n) is 14.9. The van der Waals surface area contributed by atoms with Crippen LogP contribution < -0.4 is 20.1 Å². The van der Waals surface area contributed by atoms with Crippen molar-refractivity contribution in [1.29, 1.82) is 0 Å². The van der Waals surface area contributed by atoms with Gasteiger partial charge in [-0.15, -0.1) is 11.3 Å². The number of benzene rings is 1. The van der Waals surface area contributed by atoms with E-state index in [1.54, 1.807) is 11.3 Å². The van der Waals surface area contributed by atoms with Crippen molar-refractivity contribution in [3.8, 4) is 11.5 Å². The second-order valence-corrected chi connectivity index (χ2v) is 7.79. The number of carbonyl (C=O) groups excluding carboxylic acids is 1. The van der Waals surface area contributed by atoms with Crippen LogP contribution in [-0.2, 0) is 24.1 Å². The first-order chi connectivity index (χ1) is 13.2. The molecular weight excluding hydrogens is 384 g/mol. The molecule has 0 unspecified atom stereocenters. The molecule has 2 aliphatic rings. The molecule has 27 heavy (non-hydrogen) atoms. The molecule has 8 heteroatoms. The van der Waals surface area contributed by atoms with Crippen LogP contribution >= 0.6 is 23.6 Å². The van der Waals surface area contributed by atoms with Gasteiger partial charge in [0.05, 0.1) is 12.2 Å². The molecule has 1 aromatic carbocycles. The molecule has 142 valence electrons. The summed E-state index contributed by atoms with van der Waals surface area (Å²) >= 11 is 7.02. The van der Waals surface area contributed by atoms with E-state index in [9.17, 15) is 4.79 Å². The van der Waals surface area contributed by atoms with Gasteiger partial charge < -0.3 is 24.8 Å². The molecule has 2 aromatic rings. The Morgan fingerprint density at radius 1 is 1.30 bits per heavy atom. The molecule has 0 fully saturated rings. The van der Waals surface area contributed by atoms with Crippen LogP contribution in [-0.4, -0.2) is 24.5 Å². The second kappa shape index (κ2) is 7.74. The molecule has 0 amide bonds. The fourth-order valence-corrected chi connectivity index (χ4v) is 4.81. The standard InChI is InChI=1S/C19H20N2O4S2/c1-2-23-18(22)16-12-4-3-5-15(12)27-17(16)21-19(26)20-9-11-6-7-13-14(8-11)25-10-24-13/h6-8H,2-5,9-10H2,1H3,(H2,20,21,26). The first-order valence-electron chi connectivity index (χ1n) is 8.90. The van der Waals surface area contributed by atoms with Gasteiger partial charge in [-0.05, 0) is 61.7 Å². The third kappa shape index (κ3) is 3.72. The van der Waals surface area contributed by atoms with Crippen LogP contribution in [0.3, 0.4) is 0 Å². The van der Waals surface area contributed by atoms with E-state index in [2.05, 4.69) is 10.6 Å².